The highest BCUT2D eigenvalue weighted by Crippen LogP contribution is 2.22. The maximum absolute atomic E-state index is 12.4. The van der Waals surface area contributed by atoms with E-state index in [9.17, 15) is 4.79 Å². The predicted molar refractivity (Wildman–Crippen MR) is 109 cm³/mol. The summed E-state index contributed by atoms with van der Waals surface area (Å²) >= 11 is 6.24. The predicted octanol–water partition coefficient (Wildman–Crippen LogP) is 4.06. The highest BCUT2D eigenvalue weighted by atomic mass is 35.5. The lowest BCUT2D eigenvalue weighted by molar-refractivity contribution is -0.126. The molecular formula is C22H27ClN2O2. The van der Waals surface area contributed by atoms with Crippen LogP contribution in [-0.2, 0) is 11.3 Å². The average molecular weight is 387 g/mol. The van der Waals surface area contributed by atoms with Crippen molar-refractivity contribution < 1.29 is 9.53 Å². The summed E-state index contributed by atoms with van der Waals surface area (Å²) in [5.74, 6) is 1.10. The lowest BCUT2D eigenvalue weighted by Crippen LogP contribution is -2.41. The zero-order valence-corrected chi connectivity index (χ0v) is 16.5. The zero-order valence-electron chi connectivity index (χ0n) is 15.8. The van der Waals surface area contributed by atoms with Crippen LogP contribution in [0.4, 0.5) is 0 Å². The van der Waals surface area contributed by atoms with Gasteiger partial charge in [0.15, 0.2) is 0 Å². The van der Waals surface area contributed by atoms with Crippen LogP contribution in [0.25, 0.3) is 0 Å². The van der Waals surface area contributed by atoms with Crippen LogP contribution in [0.2, 0.25) is 5.02 Å². The molecule has 0 atom stereocenters. The molecule has 27 heavy (non-hydrogen) atoms. The summed E-state index contributed by atoms with van der Waals surface area (Å²) in [6.07, 6.45) is 1.77. The molecule has 2 aromatic rings. The molecule has 1 amide bonds. The van der Waals surface area contributed by atoms with Gasteiger partial charge in [0.25, 0.3) is 0 Å². The van der Waals surface area contributed by atoms with Gasteiger partial charge in [0.05, 0.1) is 6.54 Å². The van der Waals surface area contributed by atoms with Crippen LogP contribution < -0.4 is 10.1 Å². The molecule has 0 aromatic heterocycles. The standard InChI is InChI=1S/C22H27ClN2O2/c1-17-6-2-5-9-21(17)27-15-12-24-22(26)18-10-13-25(14-11-18)16-19-7-3-4-8-20(19)23/h2-9,18H,10-16H2,1H3,(H,24,26). The first-order valence-corrected chi connectivity index (χ1v) is 9.93. The van der Waals surface area contributed by atoms with E-state index in [-0.39, 0.29) is 11.8 Å². The van der Waals surface area contributed by atoms with Crippen LogP contribution in [0.3, 0.4) is 0 Å². The Kier molecular flexibility index (Phi) is 7.13. The number of ether oxygens (including phenoxy) is 1. The van der Waals surface area contributed by atoms with Gasteiger partial charge in [-0.1, -0.05) is 48.0 Å². The molecule has 1 aliphatic heterocycles. The van der Waals surface area contributed by atoms with Gasteiger partial charge >= 0.3 is 0 Å². The number of amides is 1. The Morgan fingerprint density at radius 1 is 1.15 bits per heavy atom. The fraction of sp³-hybridized carbons (Fsp3) is 0.409. The minimum atomic E-state index is 0.0888. The molecule has 3 rings (SSSR count). The third kappa shape index (κ3) is 5.72. The van der Waals surface area contributed by atoms with Crippen LogP contribution in [0.15, 0.2) is 48.5 Å². The van der Waals surface area contributed by atoms with Crippen molar-refractivity contribution in [1.82, 2.24) is 10.2 Å². The molecular weight excluding hydrogens is 360 g/mol. The lowest BCUT2D eigenvalue weighted by Gasteiger charge is -2.31. The molecule has 2 aromatic carbocycles. The number of likely N-dealkylation sites (tertiary alicyclic amines) is 1. The highest BCUT2D eigenvalue weighted by molar-refractivity contribution is 6.31. The monoisotopic (exact) mass is 386 g/mol. The van der Waals surface area contributed by atoms with E-state index in [1.807, 2.05) is 49.4 Å². The number of piperidine rings is 1. The Balaban J connectivity index is 1.36. The van der Waals surface area contributed by atoms with Gasteiger partial charge in [0.1, 0.15) is 12.4 Å². The second-order valence-corrected chi connectivity index (χ2v) is 7.45. The quantitative estimate of drug-likeness (QED) is 0.730. The van der Waals surface area contributed by atoms with Gasteiger partial charge in [-0.3, -0.25) is 9.69 Å². The Morgan fingerprint density at radius 2 is 1.85 bits per heavy atom. The lowest BCUT2D eigenvalue weighted by atomic mass is 9.95. The maximum atomic E-state index is 12.4. The zero-order chi connectivity index (χ0) is 19.1. The Bertz CT molecular complexity index is 757. The summed E-state index contributed by atoms with van der Waals surface area (Å²) in [4.78, 5) is 14.8. The number of para-hydroxylation sites is 1. The molecule has 0 radical (unpaired) electrons. The number of aryl methyl sites for hydroxylation is 1. The first-order valence-electron chi connectivity index (χ1n) is 9.55. The SMILES string of the molecule is Cc1ccccc1OCCNC(=O)C1CCN(Cc2ccccc2Cl)CC1. The maximum Gasteiger partial charge on any atom is 0.223 e. The van der Waals surface area contributed by atoms with Crippen molar-refractivity contribution in [2.24, 2.45) is 5.92 Å². The van der Waals surface area contributed by atoms with Crippen molar-refractivity contribution >= 4 is 17.5 Å². The Morgan fingerprint density at radius 3 is 2.59 bits per heavy atom. The average Bonchev–Trinajstić information content (AvgIpc) is 2.69. The second kappa shape index (κ2) is 9.77. The first kappa shape index (κ1) is 19.7. The van der Waals surface area contributed by atoms with Crippen LogP contribution >= 0.6 is 11.6 Å². The molecule has 4 nitrogen and oxygen atoms in total. The van der Waals surface area contributed by atoms with E-state index in [0.717, 1.165) is 54.4 Å². The molecule has 1 fully saturated rings. The van der Waals surface area contributed by atoms with Gasteiger partial charge in [-0.2, -0.15) is 0 Å². The number of hydrogen-bond donors (Lipinski definition) is 1. The summed E-state index contributed by atoms with van der Waals surface area (Å²) in [6, 6.07) is 15.9. The molecule has 144 valence electrons. The number of nitrogens with zero attached hydrogens (tertiary/aromatic N) is 1. The summed E-state index contributed by atoms with van der Waals surface area (Å²) in [5, 5.41) is 3.82. The van der Waals surface area contributed by atoms with E-state index in [1.165, 1.54) is 0 Å². The molecule has 1 N–H and O–H groups in total. The van der Waals surface area contributed by atoms with E-state index in [4.69, 9.17) is 16.3 Å². The molecule has 0 aliphatic carbocycles. The number of carbonyl (C=O) groups excluding carboxylic acids is 1. The van der Waals surface area contributed by atoms with Crippen LogP contribution in [0, 0.1) is 12.8 Å². The van der Waals surface area contributed by atoms with E-state index in [1.54, 1.807) is 0 Å². The van der Waals surface area contributed by atoms with Crippen LogP contribution in [0.5, 0.6) is 5.75 Å². The van der Waals surface area contributed by atoms with Crippen molar-refractivity contribution in [3.8, 4) is 5.75 Å². The van der Waals surface area contributed by atoms with E-state index in [2.05, 4.69) is 16.3 Å². The van der Waals surface area contributed by atoms with Crippen molar-refractivity contribution in [2.45, 2.75) is 26.3 Å². The van der Waals surface area contributed by atoms with Gasteiger partial charge in [0.2, 0.25) is 5.91 Å². The molecule has 0 bridgehead atoms. The van der Waals surface area contributed by atoms with Gasteiger partial charge in [-0.05, 0) is 56.1 Å². The third-order valence-electron chi connectivity index (χ3n) is 5.06. The van der Waals surface area contributed by atoms with Gasteiger partial charge in [-0.25, -0.2) is 0 Å². The van der Waals surface area contributed by atoms with E-state index < -0.39 is 0 Å². The first-order chi connectivity index (χ1) is 13.1. The van der Waals surface area contributed by atoms with Crippen molar-refractivity contribution in [1.29, 1.82) is 0 Å². The van der Waals surface area contributed by atoms with Crippen molar-refractivity contribution in [3.05, 3.63) is 64.7 Å². The number of halogens is 1. The summed E-state index contributed by atoms with van der Waals surface area (Å²) in [6.45, 7) is 5.73. The Hall–Kier alpha value is -2.04. The third-order valence-corrected chi connectivity index (χ3v) is 5.43. The number of nitrogens with one attached hydrogen (secondary N) is 1. The van der Waals surface area contributed by atoms with Crippen molar-refractivity contribution in [2.75, 3.05) is 26.2 Å². The van der Waals surface area contributed by atoms with Crippen LogP contribution in [0.1, 0.15) is 24.0 Å². The van der Waals surface area contributed by atoms with E-state index >= 15 is 0 Å². The van der Waals surface area contributed by atoms with E-state index in [0.29, 0.717) is 13.2 Å². The Labute approximate surface area is 166 Å². The molecule has 1 heterocycles. The summed E-state index contributed by atoms with van der Waals surface area (Å²) < 4.78 is 5.73. The number of benzene rings is 2. The minimum absolute atomic E-state index is 0.0888. The number of rotatable bonds is 7. The van der Waals surface area contributed by atoms with Crippen LogP contribution in [-0.4, -0.2) is 37.0 Å². The molecule has 5 heteroatoms. The molecule has 0 unspecified atom stereocenters. The second-order valence-electron chi connectivity index (χ2n) is 7.05. The molecule has 1 saturated heterocycles. The van der Waals surface area contributed by atoms with Crippen molar-refractivity contribution in [3.63, 3.8) is 0 Å². The number of hydrogen-bond acceptors (Lipinski definition) is 3. The molecule has 0 saturated carbocycles. The van der Waals surface area contributed by atoms with Gasteiger partial charge < -0.3 is 10.1 Å². The normalized spacial score (nSPS) is 15.5. The molecule has 1 aliphatic rings. The number of carbonyl (C=O) groups is 1. The summed E-state index contributed by atoms with van der Waals surface area (Å²) in [5.41, 5.74) is 2.25. The van der Waals surface area contributed by atoms with Gasteiger partial charge in [-0.15, -0.1) is 0 Å². The fourth-order valence-corrected chi connectivity index (χ4v) is 3.61. The largest absolute Gasteiger partial charge is 0.491 e. The minimum Gasteiger partial charge on any atom is -0.491 e. The highest BCUT2D eigenvalue weighted by Gasteiger charge is 2.25. The smallest absolute Gasteiger partial charge is 0.223 e. The summed E-state index contributed by atoms with van der Waals surface area (Å²) in [7, 11) is 0. The molecule has 0 spiro atoms. The topological polar surface area (TPSA) is 41.6 Å². The van der Waals surface area contributed by atoms with Gasteiger partial charge in [0, 0.05) is 17.5 Å². The fourth-order valence-electron chi connectivity index (χ4n) is 3.42.